The molecular weight excluding hydrogens is 332 g/mol. The highest BCUT2D eigenvalue weighted by Crippen LogP contribution is 2.48. The Morgan fingerprint density at radius 2 is 2.00 bits per heavy atom. The van der Waals surface area contributed by atoms with Gasteiger partial charge in [-0.1, -0.05) is 23.7 Å². The van der Waals surface area contributed by atoms with Crippen LogP contribution in [-0.2, 0) is 4.79 Å². The van der Waals surface area contributed by atoms with Crippen molar-refractivity contribution < 1.29 is 14.5 Å². The van der Waals surface area contributed by atoms with E-state index >= 15 is 0 Å². The number of nitrogens with zero attached hydrogens (tertiary/aromatic N) is 1. The van der Waals surface area contributed by atoms with Crippen LogP contribution in [0.4, 0.5) is 11.4 Å². The summed E-state index contributed by atoms with van der Waals surface area (Å²) in [5.74, 6) is 0.481. The minimum atomic E-state index is -0.560. The van der Waals surface area contributed by atoms with E-state index in [1.165, 1.54) is 18.2 Å². The van der Waals surface area contributed by atoms with E-state index in [0.29, 0.717) is 0 Å². The highest BCUT2D eigenvalue weighted by atomic mass is 35.5. The van der Waals surface area contributed by atoms with Gasteiger partial charge in [-0.2, -0.15) is 0 Å². The van der Waals surface area contributed by atoms with Gasteiger partial charge in [0.2, 0.25) is 5.91 Å². The number of nitro groups is 1. The van der Waals surface area contributed by atoms with Gasteiger partial charge < -0.3 is 10.1 Å². The molecule has 1 aliphatic rings. The maximum Gasteiger partial charge on any atom is 0.294 e. The van der Waals surface area contributed by atoms with Gasteiger partial charge in [0, 0.05) is 17.0 Å². The molecule has 24 heavy (non-hydrogen) atoms. The molecule has 0 saturated heterocycles. The third-order valence-electron chi connectivity index (χ3n) is 4.09. The quantitative estimate of drug-likeness (QED) is 0.655. The van der Waals surface area contributed by atoms with Gasteiger partial charge in [0.1, 0.15) is 11.4 Å². The zero-order valence-electron chi connectivity index (χ0n) is 12.9. The maximum absolute atomic E-state index is 12.3. The first-order valence-electron chi connectivity index (χ1n) is 7.38. The van der Waals surface area contributed by atoms with Crippen LogP contribution in [0.3, 0.4) is 0 Å². The van der Waals surface area contributed by atoms with Crippen molar-refractivity contribution in [1.82, 2.24) is 0 Å². The number of rotatable bonds is 5. The van der Waals surface area contributed by atoms with Crippen molar-refractivity contribution in [3.8, 4) is 5.75 Å². The first kappa shape index (κ1) is 16.3. The van der Waals surface area contributed by atoms with Crippen molar-refractivity contribution in [2.45, 2.75) is 12.3 Å². The standard InChI is InChI=1S/C17H15ClN2O4/c1-24-12-5-2-10(3-6-12)13-9-14(13)17(21)19-15-7-4-11(18)8-16(15)20(22)23/h2-8,13-14H,9H2,1H3,(H,19,21). The number of hydrogen-bond acceptors (Lipinski definition) is 4. The number of nitro benzene ring substituents is 1. The largest absolute Gasteiger partial charge is 0.497 e. The summed E-state index contributed by atoms with van der Waals surface area (Å²) >= 11 is 5.77. The van der Waals surface area contributed by atoms with Crippen LogP contribution in [0.15, 0.2) is 42.5 Å². The number of anilines is 1. The monoisotopic (exact) mass is 346 g/mol. The van der Waals surface area contributed by atoms with E-state index < -0.39 is 4.92 Å². The lowest BCUT2D eigenvalue weighted by molar-refractivity contribution is -0.383. The van der Waals surface area contributed by atoms with Gasteiger partial charge in [-0.3, -0.25) is 14.9 Å². The molecule has 0 heterocycles. The van der Waals surface area contributed by atoms with E-state index in [1.54, 1.807) is 7.11 Å². The molecule has 2 unspecified atom stereocenters. The number of nitrogens with one attached hydrogen (secondary N) is 1. The van der Waals surface area contributed by atoms with Crippen molar-refractivity contribution in [1.29, 1.82) is 0 Å². The van der Waals surface area contributed by atoms with Crippen LogP contribution in [0.5, 0.6) is 5.75 Å². The van der Waals surface area contributed by atoms with E-state index in [2.05, 4.69) is 5.32 Å². The number of amides is 1. The van der Waals surface area contributed by atoms with E-state index in [-0.39, 0.29) is 34.1 Å². The van der Waals surface area contributed by atoms with Gasteiger partial charge in [0.05, 0.1) is 12.0 Å². The van der Waals surface area contributed by atoms with E-state index in [9.17, 15) is 14.9 Å². The minimum absolute atomic E-state index is 0.127. The van der Waals surface area contributed by atoms with Crippen LogP contribution in [0, 0.1) is 16.0 Å². The molecule has 2 atom stereocenters. The first-order valence-corrected chi connectivity index (χ1v) is 7.76. The van der Waals surface area contributed by atoms with Gasteiger partial charge in [-0.15, -0.1) is 0 Å². The molecule has 2 aromatic rings. The molecule has 2 aromatic carbocycles. The highest BCUT2D eigenvalue weighted by Gasteiger charge is 2.44. The fourth-order valence-electron chi connectivity index (χ4n) is 2.69. The number of benzene rings is 2. The molecule has 124 valence electrons. The molecular formula is C17H15ClN2O4. The summed E-state index contributed by atoms with van der Waals surface area (Å²) in [6.45, 7) is 0. The molecule has 0 spiro atoms. The Morgan fingerprint density at radius 3 is 2.62 bits per heavy atom. The van der Waals surface area contributed by atoms with Gasteiger partial charge in [-0.25, -0.2) is 0 Å². The van der Waals surface area contributed by atoms with Crippen LogP contribution < -0.4 is 10.1 Å². The molecule has 1 N–H and O–H groups in total. The summed E-state index contributed by atoms with van der Waals surface area (Å²) in [5, 5.41) is 14.0. The van der Waals surface area contributed by atoms with Gasteiger partial charge in [-0.05, 0) is 42.2 Å². The number of ether oxygens (including phenoxy) is 1. The molecule has 6 nitrogen and oxygen atoms in total. The molecule has 0 radical (unpaired) electrons. The van der Waals surface area contributed by atoms with Crippen molar-refractivity contribution in [3.05, 3.63) is 63.2 Å². The van der Waals surface area contributed by atoms with Crippen LogP contribution in [-0.4, -0.2) is 17.9 Å². The van der Waals surface area contributed by atoms with Crippen LogP contribution in [0.25, 0.3) is 0 Å². The third-order valence-corrected chi connectivity index (χ3v) is 4.32. The first-order chi connectivity index (χ1) is 11.5. The van der Waals surface area contributed by atoms with E-state index in [4.69, 9.17) is 16.3 Å². The lowest BCUT2D eigenvalue weighted by Crippen LogP contribution is -2.15. The number of methoxy groups -OCH3 is 1. The zero-order chi connectivity index (χ0) is 17.3. The van der Waals surface area contributed by atoms with Crippen molar-refractivity contribution in [2.75, 3.05) is 12.4 Å². The summed E-state index contributed by atoms with van der Waals surface area (Å²) in [4.78, 5) is 22.9. The van der Waals surface area contributed by atoms with E-state index in [0.717, 1.165) is 17.7 Å². The Bertz CT molecular complexity index is 792. The van der Waals surface area contributed by atoms with Crippen molar-refractivity contribution in [3.63, 3.8) is 0 Å². The second-order valence-electron chi connectivity index (χ2n) is 5.63. The fourth-order valence-corrected chi connectivity index (χ4v) is 2.86. The lowest BCUT2D eigenvalue weighted by Gasteiger charge is -2.07. The second kappa shape index (κ2) is 6.49. The summed E-state index contributed by atoms with van der Waals surface area (Å²) in [5.41, 5.74) is 1.01. The molecule has 1 amide bonds. The molecule has 1 aliphatic carbocycles. The Hall–Kier alpha value is -2.60. The molecule has 0 aliphatic heterocycles. The number of carbonyl (C=O) groups excluding carboxylic acids is 1. The van der Waals surface area contributed by atoms with Gasteiger partial charge in [0.25, 0.3) is 5.69 Å². The average Bonchev–Trinajstić information content (AvgIpc) is 3.37. The third kappa shape index (κ3) is 3.33. The highest BCUT2D eigenvalue weighted by molar-refractivity contribution is 6.31. The molecule has 1 fully saturated rings. The normalized spacial score (nSPS) is 18.8. The number of halogens is 1. The van der Waals surface area contributed by atoms with Crippen LogP contribution >= 0.6 is 11.6 Å². The Kier molecular flexibility index (Phi) is 4.40. The van der Waals surface area contributed by atoms with Crippen LogP contribution in [0.2, 0.25) is 5.02 Å². The van der Waals surface area contributed by atoms with Gasteiger partial charge in [0.15, 0.2) is 0 Å². The number of carbonyl (C=O) groups is 1. The predicted molar refractivity (Wildman–Crippen MR) is 90.6 cm³/mol. The predicted octanol–water partition coefficient (Wildman–Crippen LogP) is 4.00. The second-order valence-corrected chi connectivity index (χ2v) is 6.07. The topological polar surface area (TPSA) is 81.5 Å². The van der Waals surface area contributed by atoms with E-state index in [1.807, 2.05) is 24.3 Å². The summed E-state index contributed by atoms with van der Waals surface area (Å²) in [6.07, 6.45) is 0.722. The average molecular weight is 347 g/mol. The minimum Gasteiger partial charge on any atom is -0.497 e. The summed E-state index contributed by atoms with van der Waals surface area (Å²) in [7, 11) is 1.60. The molecule has 0 bridgehead atoms. The summed E-state index contributed by atoms with van der Waals surface area (Å²) < 4.78 is 5.11. The molecule has 0 aromatic heterocycles. The Labute approximate surface area is 143 Å². The van der Waals surface area contributed by atoms with Crippen LogP contribution in [0.1, 0.15) is 17.9 Å². The molecule has 1 saturated carbocycles. The number of hydrogen-bond donors (Lipinski definition) is 1. The molecule has 7 heteroatoms. The Morgan fingerprint density at radius 1 is 1.29 bits per heavy atom. The summed E-state index contributed by atoms with van der Waals surface area (Å²) in [6, 6.07) is 11.8. The smallest absolute Gasteiger partial charge is 0.294 e. The van der Waals surface area contributed by atoms with Crippen molar-refractivity contribution in [2.24, 2.45) is 5.92 Å². The fraction of sp³-hybridized carbons (Fsp3) is 0.235. The lowest BCUT2D eigenvalue weighted by atomic mass is 10.1. The van der Waals surface area contributed by atoms with Gasteiger partial charge >= 0.3 is 0 Å². The Balaban J connectivity index is 1.70. The molecule has 3 rings (SSSR count). The van der Waals surface area contributed by atoms with Crippen molar-refractivity contribution >= 4 is 28.9 Å². The SMILES string of the molecule is COc1ccc(C2CC2C(=O)Nc2ccc(Cl)cc2[N+](=O)[O-])cc1. The zero-order valence-corrected chi connectivity index (χ0v) is 13.6. The maximum atomic E-state index is 12.3.